The highest BCUT2D eigenvalue weighted by Crippen LogP contribution is 2.17. The molecule has 0 radical (unpaired) electrons. The number of anilines is 1. The fourth-order valence-electron chi connectivity index (χ4n) is 1.78. The number of benzene rings is 1. The maximum atomic E-state index is 12.3. The largest absolute Gasteiger partial charge is 0.294 e. The number of hydrogen-bond donors (Lipinski definition) is 1. The van der Waals surface area contributed by atoms with Gasteiger partial charge in [-0.2, -0.15) is 0 Å². The molecule has 0 bridgehead atoms. The standard InChI is InChI=1S/C15H16N2O3S/c1-3-15(18)12-5-4-6-14(9-12)21(19,20)17-13-8-7-11(2)16-10-13/h4-10,17H,3H2,1-2H3. The van der Waals surface area contributed by atoms with Gasteiger partial charge in [-0.05, 0) is 31.2 Å². The molecule has 0 aliphatic carbocycles. The molecule has 21 heavy (non-hydrogen) atoms. The average molecular weight is 304 g/mol. The first-order valence-electron chi connectivity index (χ1n) is 6.51. The normalized spacial score (nSPS) is 11.1. The molecule has 110 valence electrons. The van der Waals surface area contributed by atoms with Gasteiger partial charge in [0.25, 0.3) is 10.0 Å². The number of pyridine rings is 1. The number of ketones is 1. The van der Waals surface area contributed by atoms with Crippen LogP contribution in [0.15, 0.2) is 47.5 Å². The van der Waals surface area contributed by atoms with E-state index in [-0.39, 0.29) is 10.7 Å². The number of nitrogens with one attached hydrogen (secondary N) is 1. The van der Waals surface area contributed by atoms with Gasteiger partial charge in [-0.3, -0.25) is 14.5 Å². The Bertz CT molecular complexity index is 753. The summed E-state index contributed by atoms with van der Waals surface area (Å²) in [5, 5.41) is 0. The molecule has 0 aliphatic rings. The molecule has 0 fully saturated rings. The smallest absolute Gasteiger partial charge is 0.261 e. The van der Waals surface area contributed by atoms with Crippen LogP contribution in [-0.4, -0.2) is 19.2 Å². The van der Waals surface area contributed by atoms with Crippen molar-refractivity contribution in [2.24, 2.45) is 0 Å². The summed E-state index contributed by atoms with van der Waals surface area (Å²) in [7, 11) is -3.73. The lowest BCUT2D eigenvalue weighted by atomic mass is 10.1. The Hall–Kier alpha value is -2.21. The van der Waals surface area contributed by atoms with Crippen LogP contribution in [0.2, 0.25) is 0 Å². The van der Waals surface area contributed by atoms with Crippen molar-refractivity contribution >= 4 is 21.5 Å². The van der Waals surface area contributed by atoms with Crippen LogP contribution in [0.5, 0.6) is 0 Å². The monoisotopic (exact) mass is 304 g/mol. The minimum Gasteiger partial charge on any atom is -0.294 e. The molecule has 0 aliphatic heterocycles. The molecule has 0 amide bonds. The van der Waals surface area contributed by atoms with E-state index in [0.717, 1.165) is 5.69 Å². The minimum absolute atomic E-state index is 0.0578. The molecule has 0 unspecified atom stereocenters. The van der Waals surface area contributed by atoms with Crippen LogP contribution >= 0.6 is 0 Å². The molecular formula is C15H16N2O3S. The third-order valence-corrected chi connectivity index (χ3v) is 4.33. The quantitative estimate of drug-likeness (QED) is 0.862. The number of rotatable bonds is 5. The molecule has 0 saturated carbocycles. The van der Waals surface area contributed by atoms with Gasteiger partial charge < -0.3 is 0 Å². The van der Waals surface area contributed by atoms with Crippen LogP contribution in [0.3, 0.4) is 0 Å². The van der Waals surface area contributed by atoms with Crippen molar-refractivity contribution in [2.75, 3.05) is 4.72 Å². The lowest BCUT2D eigenvalue weighted by molar-refractivity contribution is 0.0988. The highest BCUT2D eigenvalue weighted by molar-refractivity contribution is 7.92. The third kappa shape index (κ3) is 3.66. The summed E-state index contributed by atoms with van der Waals surface area (Å²) in [4.78, 5) is 15.8. The van der Waals surface area contributed by atoms with Crippen molar-refractivity contribution in [2.45, 2.75) is 25.2 Å². The second kappa shape index (κ2) is 6.05. The van der Waals surface area contributed by atoms with Gasteiger partial charge >= 0.3 is 0 Å². The zero-order chi connectivity index (χ0) is 15.5. The van der Waals surface area contributed by atoms with E-state index in [4.69, 9.17) is 0 Å². The Kier molecular flexibility index (Phi) is 4.37. The van der Waals surface area contributed by atoms with Crippen LogP contribution in [0.4, 0.5) is 5.69 Å². The van der Waals surface area contributed by atoms with Crippen molar-refractivity contribution in [1.82, 2.24) is 4.98 Å². The Morgan fingerprint density at radius 3 is 2.62 bits per heavy atom. The lowest BCUT2D eigenvalue weighted by Gasteiger charge is -2.09. The molecule has 6 heteroatoms. The topological polar surface area (TPSA) is 76.1 Å². The van der Waals surface area contributed by atoms with E-state index in [1.807, 2.05) is 6.92 Å². The summed E-state index contributed by atoms with van der Waals surface area (Å²) >= 11 is 0. The second-order valence-corrected chi connectivity index (χ2v) is 6.28. The van der Waals surface area contributed by atoms with Crippen LogP contribution in [0.1, 0.15) is 29.4 Å². The first kappa shape index (κ1) is 15.2. The summed E-state index contributed by atoms with van der Waals surface area (Å²) in [5.41, 5.74) is 1.57. The number of aryl methyl sites for hydroxylation is 1. The van der Waals surface area contributed by atoms with E-state index in [1.165, 1.54) is 18.3 Å². The van der Waals surface area contributed by atoms with Crippen molar-refractivity contribution in [1.29, 1.82) is 0 Å². The second-order valence-electron chi connectivity index (χ2n) is 4.60. The molecule has 1 N–H and O–H groups in total. The molecule has 5 nitrogen and oxygen atoms in total. The van der Waals surface area contributed by atoms with Crippen LogP contribution in [-0.2, 0) is 10.0 Å². The number of Topliss-reactive ketones (excluding diaryl/α,β-unsaturated/α-hetero) is 1. The number of aromatic nitrogens is 1. The molecule has 0 atom stereocenters. The molecule has 1 aromatic heterocycles. The molecular weight excluding hydrogens is 288 g/mol. The summed E-state index contributed by atoms with van der Waals surface area (Å²) in [5.74, 6) is -0.0935. The zero-order valence-electron chi connectivity index (χ0n) is 11.8. The van der Waals surface area contributed by atoms with E-state index >= 15 is 0 Å². The highest BCUT2D eigenvalue weighted by Gasteiger charge is 2.16. The summed E-state index contributed by atoms with van der Waals surface area (Å²) in [6.07, 6.45) is 1.78. The SMILES string of the molecule is CCC(=O)c1cccc(S(=O)(=O)Nc2ccc(C)nc2)c1. The molecule has 0 spiro atoms. The number of carbonyl (C=O) groups excluding carboxylic acids is 1. The van der Waals surface area contributed by atoms with Crippen molar-refractivity contribution in [3.05, 3.63) is 53.9 Å². The van der Waals surface area contributed by atoms with Crippen molar-refractivity contribution in [3.63, 3.8) is 0 Å². The average Bonchev–Trinajstić information content (AvgIpc) is 2.49. The number of carbonyl (C=O) groups is 1. The van der Waals surface area contributed by atoms with Gasteiger partial charge in [0.2, 0.25) is 0 Å². The Morgan fingerprint density at radius 1 is 1.24 bits per heavy atom. The van der Waals surface area contributed by atoms with Gasteiger partial charge in [0.15, 0.2) is 5.78 Å². The third-order valence-electron chi connectivity index (χ3n) is 2.95. The summed E-state index contributed by atoms with van der Waals surface area (Å²) in [6.45, 7) is 3.55. The molecule has 0 saturated heterocycles. The first-order chi connectivity index (χ1) is 9.92. The zero-order valence-corrected chi connectivity index (χ0v) is 12.6. The fraction of sp³-hybridized carbons (Fsp3) is 0.200. The summed E-state index contributed by atoms with van der Waals surface area (Å²) in [6, 6.07) is 9.37. The van der Waals surface area contributed by atoms with E-state index < -0.39 is 10.0 Å². The van der Waals surface area contributed by atoms with Gasteiger partial charge in [0, 0.05) is 17.7 Å². The number of hydrogen-bond acceptors (Lipinski definition) is 4. The van der Waals surface area contributed by atoms with Crippen LogP contribution < -0.4 is 4.72 Å². The molecule has 1 heterocycles. The number of nitrogens with zero attached hydrogens (tertiary/aromatic N) is 1. The first-order valence-corrected chi connectivity index (χ1v) is 7.99. The van der Waals surface area contributed by atoms with E-state index in [1.54, 1.807) is 31.2 Å². The lowest BCUT2D eigenvalue weighted by Crippen LogP contribution is -2.14. The molecule has 1 aromatic carbocycles. The van der Waals surface area contributed by atoms with Crippen molar-refractivity contribution in [3.8, 4) is 0 Å². The van der Waals surface area contributed by atoms with Crippen molar-refractivity contribution < 1.29 is 13.2 Å². The maximum absolute atomic E-state index is 12.3. The van der Waals surface area contributed by atoms with Gasteiger partial charge in [-0.15, -0.1) is 0 Å². The van der Waals surface area contributed by atoms with Gasteiger partial charge in [-0.25, -0.2) is 8.42 Å². The van der Waals surface area contributed by atoms with Crippen LogP contribution in [0, 0.1) is 6.92 Å². The summed E-state index contributed by atoms with van der Waals surface area (Å²) < 4.78 is 27.0. The van der Waals surface area contributed by atoms with E-state index in [2.05, 4.69) is 9.71 Å². The van der Waals surface area contributed by atoms with E-state index in [9.17, 15) is 13.2 Å². The highest BCUT2D eigenvalue weighted by atomic mass is 32.2. The Balaban J connectivity index is 2.31. The van der Waals surface area contributed by atoms with Gasteiger partial charge in [-0.1, -0.05) is 19.1 Å². The Morgan fingerprint density at radius 2 is 2.00 bits per heavy atom. The van der Waals surface area contributed by atoms with Gasteiger partial charge in [0.05, 0.1) is 16.8 Å². The predicted octanol–water partition coefficient (Wildman–Crippen LogP) is 2.78. The maximum Gasteiger partial charge on any atom is 0.261 e. The number of sulfonamides is 1. The fourth-order valence-corrected chi connectivity index (χ4v) is 2.87. The van der Waals surface area contributed by atoms with E-state index in [0.29, 0.717) is 17.7 Å². The molecule has 2 aromatic rings. The Labute approximate surface area is 124 Å². The minimum atomic E-state index is -3.73. The predicted molar refractivity (Wildman–Crippen MR) is 80.8 cm³/mol. The van der Waals surface area contributed by atoms with Gasteiger partial charge in [0.1, 0.15) is 0 Å². The molecule has 2 rings (SSSR count). The van der Waals surface area contributed by atoms with Crippen LogP contribution in [0.25, 0.3) is 0 Å².